The summed E-state index contributed by atoms with van der Waals surface area (Å²) in [6.07, 6.45) is 2.16. The summed E-state index contributed by atoms with van der Waals surface area (Å²) in [6, 6.07) is 7.91. The van der Waals surface area contributed by atoms with Gasteiger partial charge in [0.1, 0.15) is 0 Å². The van der Waals surface area contributed by atoms with Gasteiger partial charge in [-0.1, -0.05) is 21.1 Å². The minimum Gasteiger partial charge on any atom is -0.372 e. The topological polar surface area (TPSA) is 60.2 Å². The molecule has 1 aliphatic heterocycles. The van der Waals surface area contributed by atoms with Gasteiger partial charge in [0.25, 0.3) is 5.91 Å². The van der Waals surface area contributed by atoms with E-state index < -0.39 is 0 Å². The third-order valence-electron chi connectivity index (χ3n) is 4.66. The molecule has 1 saturated heterocycles. The van der Waals surface area contributed by atoms with Crippen LogP contribution in [0.25, 0.3) is 5.69 Å². The Morgan fingerprint density at radius 2 is 2.00 bits per heavy atom. The Bertz CT molecular complexity index is 796. The number of hydrogen-bond acceptors (Lipinski definition) is 4. The fourth-order valence-corrected chi connectivity index (χ4v) is 3.54. The summed E-state index contributed by atoms with van der Waals surface area (Å²) < 4.78 is 8.55. The van der Waals surface area contributed by atoms with Crippen molar-refractivity contribution < 1.29 is 9.53 Å². The minimum absolute atomic E-state index is 0.0402. The van der Waals surface area contributed by atoms with Gasteiger partial charge in [-0.05, 0) is 51.0 Å². The van der Waals surface area contributed by atoms with E-state index in [-0.39, 0.29) is 11.5 Å². The van der Waals surface area contributed by atoms with E-state index >= 15 is 0 Å². The van der Waals surface area contributed by atoms with Gasteiger partial charge >= 0.3 is 0 Å². The Hall–Kier alpha value is -1.73. The van der Waals surface area contributed by atoms with Crippen LogP contribution >= 0.6 is 15.9 Å². The lowest BCUT2D eigenvalue weighted by Crippen LogP contribution is -2.50. The molecule has 7 heteroatoms. The van der Waals surface area contributed by atoms with Crippen LogP contribution in [0.1, 0.15) is 48.8 Å². The van der Waals surface area contributed by atoms with Gasteiger partial charge < -0.3 is 9.64 Å². The molecule has 1 aromatic carbocycles. The van der Waals surface area contributed by atoms with Crippen LogP contribution in [0.5, 0.6) is 0 Å². The van der Waals surface area contributed by atoms with Crippen LogP contribution in [0, 0.1) is 0 Å². The van der Waals surface area contributed by atoms with Crippen LogP contribution in [0.2, 0.25) is 0 Å². The van der Waals surface area contributed by atoms with Crippen molar-refractivity contribution >= 4 is 21.8 Å². The Morgan fingerprint density at radius 3 is 2.64 bits per heavy atom. The average molecular weight is 405 g/mol. The number of aromatic nitrogens is 3. The molecule has 1 aromatic heterocycles. The molecule has 1 saturated carbocycles. The Balaban J connectivity index is 1.68. The number of benzene rings is 1. The molecule has 132 valence electrons. The maximum absolute atomic E-state index is 13.1. The van der Waals surface area contributed by atoms with Crippen LogP contribution in [-0.4, -0.2) is 51.1 Å². The molecule has 0 unspecified atom stereocenters. The first kappa shape index (κ1) is 16.7. The molecule has 0 bridgehead atoms. The second kappa shape index (κ2) is 6.21. The Kier molecular flexibility index (Phi) is 4.16. The number of amides is 1. The van der Waals surface area contributed by atoms with Crippen molar-refractivity contribution in [3.63, 3.8) is 0 Å². The largest absolute Gasteiger partial charge is 0.372 e. The highest BCUT2D eigenvalue weighted by Gasteiger charge is 2.38. The Labute approximate surface area is 155 Å². The molecule has 1 amide bonds. The van der Waals surface area contributed by atoms with Crippen LogP contribution in [-0.2, 0) is 4.74 Å². The lowest BCUT2D eigenvalue weighted by Gasteiger charge is -2.37. The molecule has 4 rings (SSSR count). The van der Waals surface area contributed by atoms with Crippen LogP contribution < -0.4 is 0 Å². The summed E-state index contributed by atoms with van der Waals surface area (Å²) in [7, 11) is 0. The van der Waals surface area contributed by atoms with Crippen LogP contribution in [0.4, 0.5) is 0 Å². The lowest BCUT2D eigenvalue weighted by atomic mass is 10.1. The number of carbonyl (C=O) groups excluding carboxylic acids is 1. The van der Waals surface area contributed by atoms with E-state index in [4.69, 9.17) is 4.74 Å². The molecule has 25 heavy (non-hydrogen) atoms. The molecule has 0 spiro atoms. The zero-order valence-corrected chi connectivity index (χ0v) is 16.0. The summed E-state index contributed by atoms with van der Waals surface area (Å²) in [6.45, 7) is 5.73. The fourth-order valence-electron chi connectivity index (χ4n) is 3.28. The second-order valence-electron chi connectivity index (χ2n) is 7.32. The summed E-state index contributed by atoms with van der Waals surface area (Å²) in [4.78, 5) is 14.9. The van der Waals surface area contributed by atoms with Crippen molar-refractivity contribution in [1.82, 2.24) is 19.9 Å². The zero-order valence-electron chi connectivity index (χ0n) is 14.4. The number of nitrogens with zero attached hydrogens (tertiary/aromatic N) is 4. The molecule has 0 N–H and O–H groups in total. The van der Waals surface area contributed by atoms with E-state index in [9.17, 15) is 4.79 Å². The van der Waals surface area contributed by atoms with Gasteiger partial charge in [-0.15, -0.1) is 5.10 Å². The zero-order chi connectivity index (χ0) is 17.6. The fraction of sp³-hybridized carbons (Fsp3) is 0.500. The molecule has 2 aromatic rings. The van der Waals surface area contributed by atoms with Crippen molar-refractivity contribution in [2.45, 2.75) is 38.2 Å². The number of ether oxygens (including phenoxy) is 1. The van der Waals surface area contributed by atoms with Crippen molar-refractivity contribution in [2.24, 2.45) is 0 Å². The Morgan fingerprint density at radius 1 is 1.28 bits per heavy atom. The number of morpholine rings is 1. The highest BCUT2D eigenvalue weighted by molar-refractivity contribution is 9.10. The van der Waals surface area contributed by atoms with Gasteiger partial charge in [-0.3, -0.25) is 4.79 Å². The number of carbonyl (C=O) groups is 1. The molecule has 2 aliphatic rings. The van der Waals surface area contributed by atoms with E-state index in [1.165, 1.54) is 0 Å². The molecular formula is C18H21BrN4O2. The van der Waals surface area contributed by atoms with Crippen molar-refractivity contribution in [3.8, 4) is 5.69 Å². The number of rotatable bonds is 3. The first-order valence-electron chi connectivity index (χ1n) is 8.59. The SMILES string of the molecule is CC1(C)CN(C(=O)c2nnn(-c3ccc(Br)cc3)c2C2CC2)CCO1. The molecule has 1 aliphatic carbocycles. The van der Waals surface area contributed by atoms with Crippen molar-refractivity contribution in [1.29, 1.82) is 0 Å². The van der Waals surface area contributed by atoms with E-state index in [1.807, 2.05) is 47.7 Å². The van der Waals surface area contributed by atoms with Crippen LogP contribution in [0.15, 0.2) is 28.7 Å². The van der Waals surface area contributed by atoms with E-state index in [1.54, 1.807) is 0 Å². The third kappa shape index (κ3) is 3.35. The van der Waals surface area contributed by atoms with E-state index in [2.05, 4.69) is 26.2 Å². The van der Waals surface area contributed by atoms with Crippen LogP contribution in [0.3, 0.4) is 0 Å². The van der Waals surface area contributed by atoms with Gasteiger partial charge in [0.05, 0.1) is 23.6 Å². The molecule has 2 fully saturated rings. The maximum Gasteiger partial charge on any atom is 0.276 e. The standard InChI is InChI=1S/C18H21BrN4O2/c1-18(2)11-22(9-10-25-18)17(24)15-16(12-3-4-12)23(21-20-15)14-7-5-13(19)6-8-14/h5-8,12H,3-4,9-11H2,1-2H3. The average Bonchev–Trinajstić information content (AvgIpc) is 3.32. The molecular weight excluding hydrogens is 384 g/mol. The quantitative estimate of drug-likeness (QED) is 0.787. The highest BCUT2D eigenvalue weighted by atomic mass is 79.9. The predicted molar refractivity (Wildman–Crippen MR) is 97.0 cm³/mol. The first-order valence-corrected chi connectivity index (χ1v) is 9.39. The van der Waals surface area contributed by atoms with Gasteiger partial charge in [0.2, 0.25) is 0 Å². The molecule has 2 heterocycles. The number of hydrogen-bond donors (Lipinski definition) is 0. The lowest BCUT2D eigenvalue weighted by molar-refractivity contribution is -0.0765. The van der Waals surface area contributed by atoms with E-state index in [0.717, 1.165) is 28.7 Å². The first-order chi connectivity index (χ1) is 11.9. The maximum atomic E-state index is 13.1. The number of halogens is 1. The summed E-state index contributed by atoms with van der Waals surface area (Å²) in [5, 5.41) is 8.57. The predicted octanol–water partition coefficient (Wildman–Crippen LogP) is 3.16. The van der Waals surface area contributed by atoms with Gasteiger partial charge in [0, 0.05) is 23.5 Å². The van der Waals surface area contributed by atoms with Gasteiger partial charge in [-0.2, -0.15) is 0 Å². The summed E-state index contributed by atoms with van der Waals surface area (Å²) in [5.74, 6) is 0.327. The summed E-state index contributed by atoms with van der Waals surface area (Å²) >= 11 is 3.45. The van der Waals surface area contributed by atoms with Gasteiger partial charge in [-0.25, -0.2) is 4.68 Å². The van der Waals surface area contributed by atoms with E-state index in [0.29, 0.717) is 31.3 Å². The molecule has 6 nitrogen and oxygen atoms in total. The molecule has 0 atom stereocenters. The smallest absolute Gasteiger partial charge is 0.276 e. The minimum atomic E-state index is -0.324. The second-order valence-corrected chi connectivity index (χ2v) is 8.24. The monoisotopic (exact) mass is 404 g/mol. The van der Waals surface area contributed by atoms with Crippen molar-refractivity contribution in [2.75, 3.05) is 19.7 Å². The van der Waals surface area contributed by atoms with Crippen molar-refractivity contribution in [3.05, 3.63) is 40.1 Å². The molecule has 0 radical (unpaired) electrons. The van der Waals surface area contributed by atoms with Gasteiger partial charge in [0.15, 0.2) is 5.69 Å². The summed E-state index contributed by atoms with van der Waals surface area (Å²) in [5.41, 5.74) is 2.04. The normalized spacial score (nSPS) is 19.9. The highest BCUT2D eigenvalue weighted by Crippen LogP contribution is 2.42. The third-order valence-corrected chi connectivity index (χ3v) is 5.18.